The van der Waals surface area contributed by atoms with E-state index in [1.54, 1.807) is 24.3 Å². The normalized spacial score (nSPS) is 14.6. The quantitative estimate of drug-likeness (QED) is 0.345. The minimum Gasteiger partial charge on any atom is -0.483 e. The van der Waals surface area contributed by atoms with Crippen molar-refractivity contribution in [1.82, 2.24) is 0 Å². The number of para-hydroxylation sites is 1. The monoisotopic (exact) mass is 492 g/mol. The van der Waals surface area contributed by atoms with E-state index in [2.05, 4.69) is 5.32 Å². The van der Waals surface area contributed by atoms with Crippen molar-refractivity contribution in [1.29, 1.82) is 0 Å². The van der Waals surface area contributed by atoms with Gasteiger partial charge in [0.05, 0.1) is 10.6 Å². The van der Waals surface area contributed by atoms with Gasteiger partial charge in [-0.05, 0) is 61.9 Å². The fraction of sp³-hybridized carbons (Fsp3) is 0.115. The number of anilines is 2. The number of thiocarbonyl (C=S) groups is 1. The van der Waals surface area contributed by atoms with E-state index >= 15 is 0 Å². The topological polar surface area (TPSA) is 58.6 Å². The maximum atomic E-state index is 13.3. The van der Waals surface area contributed by atoms with Crippen molar-refractivity contribution in [3.05, 3.63) is 94.1 Å². The molecule has 0 bridgehead atoms. The van der Waals surface area contributed by atoms with Crippen molar-refractivity contribution in [2.45, 2.75) is 13.8 Å². The van der Waals surface area contributed by atoms with Crippen LogP contribution < -0.4 is 15.0 Å². The summed E-state index contributed by atoms with van der Waals surface area (Å²) in [6.45, 7) is 3.74. The van der Waals surface area contributed by atoms with Crippen molar-refractivity contribution in [3.63, 3.8) is 0 Å². The number of hydrogen-bond donors (Lipinski definition) is 1. The maximum absolute atomic E-state index is 13.3. The van der Waals surface area contributed by atoms with Crippen molar-refractivity contribution in [2.24, 2.45) is 0 Å². The molecule has 0 radical (unpaired) electrons. The van der Waals surface area contributed by atoms with Gasteiger partial charge in [-0.3, -0.25) is 14.5 Å². The van der Waals surface area contributed by atoms with E-state index in [1.165, 1.54) is 29.2 Å². The lowest BCUT2D eigenvalue weighted by Crippen LogP contribution is -2.27. The Bertz CT molecular complexity index is 1310. The fourth-order valence-electron chi connectivity index (χ4n) is 3.44. The molecule has 1 N–H and O–H groups in total. The van der Waals surface area contributed by atoms with Crippen LogP contribution in [0.15, 0.2) is 71.6 Å². The number of ether oxygens (including phenoxy) is 1. The van der Waals surface area contributed by atoms with Crippen molar-refractivity contribution in [3.8, 4) is 5.75 Å². The molecular weight excluding hydrogens is 471 g/mol. The van der Waals surface area contributed by atoms with Crippen molar-refractivity contribution < 1.29 is 18.7 Å². The predicted octanol–water partition coefficient (Wildman–Crippen LogP) is 5.87. The van der Waals surface area contributed by atoms with Crippen LogP contribution in [0.2, 0.25) is 0 Å². The van der Waals surface area contributed by atoms with Gasteiger partial charge in [-0.25, -0.2) is 4.39 Å². The second-order valence-corrected chi connectivity index (χ2v) is 9.36. The van der Waals surface area contributed by atoms with Gasteiger partial charge in [0.1, 0.15) is 11.6 Å². The Kier molecular flexibility index (Phi) is 7.09. The number of halogens is 1. The summed E-state index contributed by atoms with van der Waals surface area (Å²) in [5, 5.41) is 2.85. The summed E-state index contributed by atoms with van der Waals surface area (Å²) in [6, 6.07) is 18.5. The highest BCUT2D eigenvalue weighted by molar-refractivity contribution is 8.27. The second kappa shape index (κ2) is 10.2. The van der Waals surface area contributed by atoms with Gasteiger partial charge in [0.25, 0.3) is 11.8 Å². The zero-order chi connectivity index (χ0) is 24.2. The van der Waals surface area contributed by atoms with E-state index < -0.39 is 5.82 Å². The van der Waals surface area contributed by atoms with Crippen LogP contribution in [-0.2, 0) is 9.59 Å². The first-order chi connectivity index (χ1) is 16.3. The molecule has 2 amide bonds. The molecule has 1 heterocycles. The predicted molar refractivity (Wildman–Crippen MR) is 139 cm³/mol. The standard InChI is InChI=1S/C26H21FN2O3S2/c1-16-7-12-21(17(2)13-16)28-24(30)15-32-22-6-4-3-5-18(22)14-23-25(31)29(26(33)34-23)20-10-8-19(27)9-11-20/h3-14H,15H2,1-2H3,(H,28,30)/b23-14-. The lowest BCUT2D eigenvalue weighted by molar-refractivity contribution is -0.118. The molecule has 0 spiro atoms. The number of nitrogens with one attached hydrogen (secondary N) is 1. The largest absolute Gasteiger partial charge is 0.483 e. The lowest BCUT2D eigenvalue weighted by atomic mass is 10.1. The molecule has 4 rings (SSSR count). The first kappa shape index (κ1) is 23.7. The molecule has 1 saturated heterocycles. The Morgan fingerprint density at radius 1 is 1.12 bits per heavy atom. The van der Waals surface area contributed by atoms with Gasteiger partial charge in [0.15, 0.2) is 10.9 Å². The molecule has 3 aromatic carbocycles. The maximum Gasteiger partial charge on any atom is 0.270 e. The Morgan fingerprint density at radius 2 is 1.85 bits per heavy atom. The molecule has 1 aliphatic heterocycles. The van der Waals surface area contributed by atoms with Gasteiger partial charge in [0.2, 0.25) is 0 Å². The Labute approximate surface area is 206 Å². The van der Waals surface area contributed by atoms with Crippen LogP contribution in [0.25, 0.3) is 6.08 Å². The van der Waals surface area contributed by atoms with Gasteiger partial charge in [-0.15, -0.1) is 0 Å². The number of benzene rings is 3. The summed E-state index contributed by atoms with van der Waals surface area (Å²) in [7, 11) is 0. The zero-order valence-electron chi connectivity index (χ0n) is 18.5. The number of carbonyl (C=O) groups excluding carboxylic acids is 2. The van der Waals surface area contributed by atoms with E-state index in [1.807, 2.05) is 38.1 Å². The molecule has 0 atom stereocenters. The molecule has 1 aliphatic rings. The Hall–Kier alpha value is -3.49. The first-order valence-corrected chi connectivity index (χ1v) is 11.7. The minimum atomic E-state index is -0.391. The van der Waals surface area contributed by atoms with Gasteiger partial charge in [0, 0.05) is 11.3 Å². The Morgan fingerprint density at radius 3 is 2.59 bits per heavy atom. The number of nitrogens with zero attached hydrogens (tertiary/aromatic N) is 1. The summed E-state index contributed by atoms with van der Waals surface area (Å²) in [4.78, 5) is 27.2. The van der Waals surface area contributed by atoms with Crippen LogP contribution in [-0.4, -0.2) is 22.7 Å². The average Bonchev–Trinajstić information content (AvgIpc) is 3.08. The third-order valence-corrected chi connectivity index (χ3v) is 6.40. The number of aryl methyl sites for hydroxylation is 2. The van der Waals surface area contributed by atoms with Gasteiger partial charge in [-0.1, -0.05) is 59.9 Å². The zero-order valence-corrected chi connectivity index (χ0v) is 20.1. The van der Waals surface area contributed by atoms with Gasteiger partial charge in [-0.2, -0.15) is 0 Å². The summed E-state index contributed by atoms with van der Waals surface area (Å²) in [6.07, 6.45) is 1.68. The lowest BCUT2D eigenvalue weighted by Gasteiger charge is -2.14. The number of rotatable bonds is 6. The SMILES string of the molecule is Cc1ccc(NC(=O)COc2ccccc2/C=C2\SC(=S)N(c3ccc(F)cc3)C2=O)c(C)c1. The van der Waals surface area contributed by atoms with Crippen LogP contribution in [0.3, 0.4) is 0 Å². The summed E-state index contributed by atoms with van der Waals surface area (Å²) < 4.78 is 19.4. The van der Waals surface area contributed by atoms with Crippen molar-refractivity contribution >= 4 is 57.6 Å². The number of carbonyl (C=O) groups is 2. The highest BCUT2D eigenvalue weighted by Crippen LogP contribution is 2.37. The third-order valence-electron chi connectivity index (χ3n) is 5.10. The molecule has 0 unspecified atom stereocenters. The molecule has 34 heavy (non-hydrogen) atoms. The minimum absolute atomic E-state index is 0.186. The van der Waals surface area contributed by atoms with Crippen LogP contribution in [0.4, 0.5) is 15.8 Å². The molecule has 1 fully saturated rings. The van der Waals surface area contributed by atoms with Crippen LogP contribution in [0, 0.1) is 19.7 Å². The van der Waals surface area contributed by atoms with E-state index in [-0.39, 0.29) is 18.4 Å². The van der Waals surface area contributed by atoms with Crippen LogP contribution in [0.1, 0.15) is 16.7 Å². The number of amides is 2. The van der Waals surface area contributed by atoms with Crippen LogP contribution in [0.5, 0.6) is 5.75 Å². The summed E-state index contributed by atoms with van der Waals surface area (Å²) >= 11 is 6.53. The van der Waals surface area contributed by atoms with E-state index in [0.717, 1.165) is 28.6 Å². The van der Waals surface area contributed by atoms with E-state index in [9.17, 15) is 14.0 Å². The first-order valence-electron chi connectivity index (χ1n) is 10.4. The second-order valence-electron chi connectivity index (χ2n) is 7.69. The number of hydrogen-bond acceptors (Lipinski definition) is 5. The molecule has 8 heteroatoms. The summed E-state index contributed by atoms with van der Waals surface area (Å²) in [5.41, 5.74) is 3.96. The van der Waals surface area contributed by atoms with Crippen molar-refractivity contribution in [2.75, 3.05) is 16.8 Å². The molecule has 0 aromatic heterocycles. The molecule has 3 aromatic rings. The fourth-order valence-corrected chi connectivity index (χ4v) is 4.73. The molecular formula is C26H21FN2O3S2. The van der Waals surface area contributed by atoms with Gasteiger partial charge >= 0.3 is 0 Å². The highest BCUT2D eigenvalue weighted by Gasteiger charge is 2.33. The smallest absolute Gasteiger partial charge is 0.270 e. The highest BCUT2D eigenvalue weighted by atomic mass is 32.2. The average molecular weight is 493 g/mol. The molecule has 5 nitrogen and oxygen atoms in total. The molecule has 0 aliphatic carbocycles. The van der Waals surface area contributed by atoms with E-state index in [0.29, 0.717) is 26.2 Å². The Balaban J connectivity index is 1.48. The van der Waals surface area contributed by atoms with Crippen LogP contribution >= 0.6 is 24.0 Å². The van der Waals surface area contributed by atoms with Gasteiger partial charge < -0.3 is 10.1 Å². The van der Waals surface area contributed by atoms with E-state index in [4.69, 9.17) is 17.0 Å². The molecule has 0 saturated carbocycles. The molecule has 172 valence electrons. The number of thioether (sulfide) groups is 1. The third kappa shape index (κ3) is 5.35. The summed E-state index contributed by atoms with van der Waals surface area (Å²) in [5.74, 6) is -0.517.